The minimum atomic E-state index is -0.258. The third-order valence-electron chi connectivity index (χ3n) is 4.17. The first-order valence-electron chi connectivity index (χ1n) is 8.11. The maximum absolute atomic E-state index is 10.7. The fourth-order valence-corrected chi connectivity index (χ4v) is 3.22. The van der Waals surface area contributed by atoms with Crippen LogP contribution in [0.3, 0.4) is 0 Å². The molecule has 0 aliphatic heterocycles. The molecule has 6 heteroatoms. The molecule has 1 aliphatic carbocycles. The number of carbonyl (C=O) groups excluding carboxylic acids is 1. The highest BCUT2D eigenvalue weighted by molar-refractivity contribution is 9.10. The van der Waals surface area contributed by atoms with Gasteiger partial charge in [0.2, 0.25) is 5.91 Å². The predicted molar refractivity (Wildman–Crippen MR) is 105 cm³/mol. The molecular weight excluding hydrogens is 404 g/mol. The molecule has 25 heavy (non-hydrogen) atoms. The Balaban J connectivity index is 0.00000225. The van der Waals surface area contributed by atoms with Gasteiger partial charge in [-0.3, -0.25) is 4.79 Å². The molecule has 3 N–H and O–H groups in total. The van der Waals surface area contributed by atoms with Crippen LogP contribution in [-0.2, 0) is 11.4 Å². The van der Waals surface area contributed by atoms with E-state index < -0.39 is 0 Å². The zero-order valence-corrected chi connectivity index (χ0v) is 16.2. The van der Waals surface area contributed by atoms with Gasteiger partial charge in [-0.2, -0.15) is 0 Å². The van der Waals surface area contributed by atoms with Crippen molar-refractivity contribution >= 4 is 34.2 Å². The number of ether oxygens (including phenoxy) is 1. The second-order valence-corrected chi connectivity index (χ2v) is 7.02. The van der Waals surface area contributed by atoms with Crippen molar-refractivity contribution in [3.8, 4) is 5.75 Å². The summed E-state index contributed by atoms with van der Waals surface area (Å²) in [7, 11) is 0. The molecule has 1 amide bonds. The average molecular weight is 426 g/mol. The van der Waals surface area contributed by atoms with Crippen LogP contribution in [0.4, 0.5) is 0 Å². The predicted octanol–water partition coefficient (Wildman–Crippen LogP) is 3.77. The van der Waals surface area contributed by atoms with E-state index in [1.807, 2.05) is 30.3 Å². The Kier molecular flexibility index (Phi) is 7.29. The summed E-state index contributed by atoms with van der Waals surface area (Å²) in [6.07, 6.45) is 1.50. The molecule has 1 fully saturated rings. The number of rotatable bonds is 8. The number of primary amides is 1. The Morgan fingerprint density at radius 1 is 1.24 bits per heavy atom. The van der Waals surface area contributed by atoms with Gasteiger partial charge in [0.25, 0.3) is 0 Å². The van der Waals surface area contributed by atoms with E-state index in [1.165, 1.54) is 5.56 Å². The van der Waals surface area contributed by atoms with Gasteiger partial charge in [0, 0.05) is 29.4 Å². The zero-order chi connectivity index (χ0) is 16.9. The van der Waals surface area contributed by atoms with Crippen LogP contribution in [0.25, 0.3) is 0 Å². The third kappa shape index (κ3) is 6.03. The number of hydrogen-bond donors (Lipinski definition) is 2. The molecule has 4 nitrogen and oxygen atoms in total. The number of carbonyl (C=O) groups is 1. The number of amides is 1. The molecule has 0 saturated heterocycles. The van der Waals surface area contributed by atoms with Gasteiger partial charge < -0.3 is 15.8 Å². The van der Waals surface area contributed by atoms with Crippen molar-refractivity contribution in [3.63, 3.8) is 0 Å². The van der Waals surface area contributed by atoms with Crippen molar-refractivity contribution < 1.29 is 9.53 Å². The second-order valence-electron chi connectivity index (χ2n) is 6.11. The van der Waals surface area contributed by atoms with Gasteiger partial charge >= 0.3 is 0 Å². The highest BCUT2D eigenvalue weighted by atomic mass is 79.9. The van der Waals surface area contributed by atoms with Crippen LogP contribution >= 0.6 is 28.3 Å². The highest BCUT2D eigenvalue weighted by Gasteiger charge is 2.37. The van der Waals surface area contributed by atoms with E-state index in [0.717, 1.165) is 22.2 Å². The third-order valence-corrected chi connectivity index (χ3v) is 4.66. The first-order valence-corrected chi connectivity index (χ1v) is 8.90. The van der Waals surface area contributed by atoms with Gasteiger partial charge in [-0.25, -0.2) is 0 Å². The molecule has 0 bridgehead atoms. The van der Waals surface area contributed by atoms with Crippen LogP contribution in [-0.4, -0.2) is 18.5 Å². The molecule has 2 atom stereocenters. The monoisotopic (exact) mass is 424 g/mol. The van der Waals surface area contributed by atoms with Crippen molar-refractivity contribution in [3.05, 3.63) is 64.1 Å². The minimum absolute atomic E-state index is 0. The maximum atomic E-state index is 10.7. The molecule has 2 aromatic carbocycles. The van der Waals surface area contributed by atoms with Gasteiger partial charge in [0.15, 0.2) is 0 Å². The summed E-state index contributed by atoms with van der Waals surface area (Å²) in [6.45, 7) is 1.21. The van der Waals surface area contributed by atoms with Crippen LogP contribution in [0, 0.1) is 0 Å². The lowest BCUT2D eigenvalue weighted by atomic mass is 10.1. The Labute approximate surface area is 162 Å². The molecule has 3 rings (SSSR count). The minimum Gasteiger partial charge on any atom is -0.489 e. The Morgan fingerprint density at radius 3 is 2.68 bits per heavy atom. The van der Waals surface area contributed by atoms with Gasteiger partial charge in [-0.1, -0.05) is 40.2 Å². The zero-order valence-electron chi connectivity index (χ0n) is 13.8. The van der Waals surface area contributed by atoms with Crippen LogP contribution < -0.4 is 15.8 Å². The lowest BCUT2D eigenvalue weighted by Crippen LogP contribution is -2.24. The number of halogens is 2. The summed E-state index contributed by atoms with van der Waals surface area (Å²) >= 11 is 3.46. The smallest absolute Gasteiger partial charge is 0.218 e. The summed E-state index contributed by atoms with van der Waals surface area (Å²) in [4.78, 5) is 10.7. The van der Waals surface area contributed by atoms with E-state index in [0.29, 0.717) is 31.5 Å². The number of nitrogens with two attached hydrogens (primary N) is 1. The molecule has 0 spiro atoms. The Hall–Kier alpha value is -1.56. The fourth-order valence-electron chi connectivity index (χ4n) is 2.77. The van der Waals surface area contributed by atoms with Crippen LogP contribution in [0.2, 0.25) is 0 Å². The lowest BCUT2D eigenvalue weighted by molar-refractivity contribution is -0.117. The van der Waals surface area contributed by atoms with E-state index in [-0.39, 0.29) is 18.3 Å². The molecule has 1 saturated carbocycles. The number of benzene rings is 2. The normalized spacial score (nSPS) is 18.3. The lowest BCUT2D eigenvalue weighted by Gasteiger charge is -2.08. The number of hydrogen-bond acceptors (Lipinski definition) is 3. The van der Waals surface area contributed by atoms with Crippen molar-refractivity contribution in [2.24, 2.45) is 5.73 Å². The fraction of sp³-hybridized carbons (Fsp3) is 0.316. The SMILES string of the molecule is Cl.NC(=O)CCN[C@@H]1C[C@H]1c1ccc(OCc2cccc(Br)c2)cc1. The van der Waals surface area contributed by atoms with Crippen molar-refractivity contribution in [1.29, 1.82) is 0 Å². The molecule has 0 aromatic heterocycles. The Bertz CT molecular complexity index is 709. The summed E-state index contributed by atoms with van der Waals surface area (Å²) < 4.78 is 6.89. The van der Waals surface area contributed by atoms with E-state index in [4.69, 9.17) is 10.5 Å². The standard InChI is InChI=1S/C19H21BrN2O2.ClH/c20-15-3-1-2-13(10-15)12-24-16-6-4-14(5-7-16)17-11-18(17)22-9-8-19(21)23;/h1-7,10,17-18,22H,8-9,11-12H2,(H2,21,23);1H/t17-,18+;/m0./s1. The average Bonchev–Trinajstić information content (AvgIpc) is 3.33. The van der Waals surface area contributed by atoms with Crippen molar-refractivity contribution in [1.82, 2.24) is 5.32 Å². The topological polar surface area (TPSA) is 64.4 Å². The molecule has 2 aromatic rings. The molecule has 134 valence electrons. The van der Waals surface area contributed by atoms with Crippen LogP contribution in [0.1, 0.15) is 29.9 Å². The van der Waals surface area contributed by atoms with Gasteiger partial charge in [0.05, 0.1) is 0 Å². The highest BCUT2D eigenvalue weighted by Crippen LogP contribution is 2.41. The molecule has 0 unspecified atom stereocenters. The quantitative estimate of drug-likeness (QED) is 0.676. The second kappa shape index (κ2) is 9.22. The largest absolute Gasteiger partial charge is 0.489 e. The molecular formula is C19H22BrClN2O2. The van der Waals surface area contributed by atoms with Crippen molar-refractivity contribution in [2.45, 2.75) is 31.4 Å². The first-order chi connectivity index (χ1) is 11.6. The first kappa shape index (κ1) is 19.8. The summed E-state index contributed by atoms with van der Waals surface area (Å²) in [5, 5.41) is 3.37. The summed E-state index contributed by atoms with van der Waals surface area (Å²) in [6, 6.07) is 16.8. The molecule has 0 heterocycles. The number of nitrogens with one attached hydrogen (secondary N) is 1. The van der Waals surface area contributed by atoms with Crippen LogP contribution in [0.15, 0.2) is 53.0 Å². The van der Waals surface area contributed by atoms with Gasteiger partial charge in [0.1, 0.15) is 12.4 Å². The van der Waals surface area contributed by atoms with E-state index in [9.17, 15) is 4.79 Å². The van der Waals surface area contributed by atoms with E-state index >= 15 is 0 Å². The van der Waals surface area contributed by atoms with E-state index in [1.54, 1.807) is 0 Å². The van der Waals surface area contributed by atoms with E-state index in [2.05, 4.69) is 39.4 Å². The summed E-state index contributed by atoms with van der Waals surface area (Å²) in [5.74, 6) is 1.14. The maximum Gasteiger partial charge on any atom is 0.218 e. The van der Waals surface area contributed by atoms with Crippen molar-refractivity contribution in [2.75, 3.05) is 6.54 Å². The summed E-state index contributed by atoms with van der Waals surface area (Å²) in [5.41, 5.74) is 7.59. The van der Waals surface area contributed by atoms with Crippen LogP contribution in [0.5, 0.6) is 5.75 Å². The molecule has 0 radical (unpaired) electrons. The van der Waals surface area contributed by atoms with Gasteiger partial charge in [-0.15, -0.1) is 12.4 Å². The Morgan fingerprint density at radius 2 is 2.00 bits per heavy atom. The van der Waals surface area contributed by atoms with Gasteiger partial charge in [-0.05, 0) is 41.8 Å². The molecule has 1 aliphatic rings.